The van der Waals surface area contributed by atoms with Gasteiger partial charge in [-0.3, -0.25) is 24.0 Å². The van der Waals surface area contributed by atoms with Crippen molar-refractivity contribution in [3.05, 3.63) is 23.8 Å². The van der Waals surface area contributed by atoms with Crippen molar-refractivity contribution in [2.75, 3.05) is 26.0 Å². The SMILES string of the molecule is C[C@H]1C[C@@H]2[C@H](C(=O)C[C@@]3(C)[C@H]2CC[C@]3(O)C(=O)COC(=O)CCCCCCC(=O)N(C)CCS(=O)(=O)[O-])[C@@]2(C)C=CC(=O)C=C12.[Na+]. The molecule has 4 rings (SSSR count). The molecule has 0 unspecified atom stereocenters. The Kier molecular flexibility index (Phi) is 12.5. The molecule has 0 heterocycles. The molecule has 0 aromatic carbocycles. The van der Waals surface area contributed by atoms with Gasteiger partial charge in [0.2, 0.25) is 11.7 Å². The molecule has 4 aliphatic carbocycles. The van der Waals surface area contributed by atoms with E-state index in [0.717, 1.165) is 5.57 Å². The van der Waals surface area contributed by atoms with Gasteiger partial charge in [-0.05, 0) is 62.0 Å². The first-order valence-electron chi connectivity index (χ1n) is 16.0. The third-order valence-corrected chi connectivity index (χ3v) is 11.9. The molecule has 250 valence electrons. The number of ketones is 3. The van der Waals surface area contributed by atoms with E-state index in [1.165, 1.54) is 11.9 Å². The average Bonchev–Trinajstić information content (AvgIpc) is 3.23. The second-order valence-corrected chi connectivity index (χ2v) is 15.6. The summed E-state index contributed by atoms with van der Waals surface area (Å²) in [5, 5.41) is 11.8. The predicted octanol–water partition coefficient (Wildman–Crippen LogP) is -0.0891. The number of ether oxygens (including phenoxy) is 1. The Morgan fingerprint density at radius 2 is 1.76 bits per heavy atom. The number of carbonyl (C=O) groups excluding carboxylic acids is 5. The summed E-state index contributed by atoms with van der Waals surface area (Å²) < 4.78 is 37.4. The summed E-state index contributed by atoms with van der Waals surface area (Å²) in [7, 11) is -2.94. The zero-order valence-electron chi connectivity index (χ0n) is 27.7. The number of allylic oxidation sites excluding steroid dienone is 4. The Morgan fingerprint density at radius 3 is 2.41 bits per heavy atom. The van der Waals surface area contributed by atoms with Crippen LogP contribution in [0, 0.1) is 34.5 Å². The Morgan fingerprint density at radius 1 is 1.11 bits per heavy atom. The van der Waals surface area contributed by atoms with E-state index in [2.05, 4.69) is 6.92 Å². The predicted molar refractivity (Wildman–Crippen MR) is 162 cm³/mol. The van der Waals surface area contributed by atoms with Crippen LogP contribution in [0.2, 0.25) is 0 Å². The number of hydrogen-bond donors (Lipinski definition) is 1. The summed E-state index contributed by atoms with van der Waals surface area (Å²) in [6.45, 7) is 5.20. The normalized spacial score (nSPS) is 33.2. The fraction of sp³-hybridized carbons (Fsp3) is 0.727. The number of unbranched alkanes of at least 4 members (excludes halogenated alkanes) is 3. The van der Waals surface area contributed by atoms with E-state index in [1.807, 2.05) is 19.9 Å². The molecule has 0 aromatic rings. The van der Waals surface area contributed by atoms with E-state index in [9.17, 15) is 42.0 Å². The van der Waals surface area contributed by atoms with Crippen LogP contribution in [0.1, 0.15) is 85.0 Å². The number of rotatable bonds is 13. The zero-order chi connectivity index (χ0) is 33.4. The maximum Gasteiger partial charge on any atom is 1.00 e. The van der Waals surface area contributed by atoms with Crippen LogP contribution >= 0.6 is 0 Å². The van der Waals surface area contributed by atoms with Gasteiger partial charge in [-0.25, -0.2) is 8.42 Å². The molecule has 13 heteroatoms. The van der Waals surface area contributed by atoms with Gasteiger partial charge in [0.05, 0.1) is 15.9 Å². The number of fused-ring (bicyclic) bond motifs is 5. The summed E-state index contributed by atoms with van der Waals surface area (Å²) in [6, 6.07) is 0. The van der Waals surface area contributed by atoms with Gasteiger partial charge in [0, 0.05) is 49.6 Å². The first-order chi connectivity index (χ1) is 20.9. The van der Waals surface area contributed by atoms with E-state index < -0.39 is 50.7 Å². The van der Waals surface area contributed by atoms with Crippen molar-refractivity contribution >= 4 is 39.3 Å². The molecule has 0 spiro atoms. The summed E-state index contributed by atoms with van der Waals surface area (Å²) >= 11 is 0. The van der Waals surface area contributed by atoms with E-state index in [1.54, 1.807) is 12.2 Å². The summed E-state index contributed by atoms with van der Waals surface area (Å²) in [5.41, 5.74) is -2.34. The molecule has 0 aromatic heterocycles. The molecule has 3 saturated carbocycles. The quantitative estimate of drug-likeness (QED) is 0.121. The Balaban J connectivity index is 0.00000576. The molecular formula is C33H46NNaO10S. The second kappa shape index (κ2) is 14.8. The molecular weight excluding hydrogens is 625 g/mol. The Bertz CT molecular complexity index is 1410. The maximum absolute atomic E-state index is 13.8. The fourth-order valence-electron chi connectivity index (χ4n) is 8.72. The third-order valence-electron chi connectivity index (χ3n) is 11.2. The van der Waals surface area contributed by atoms with Crippen LogP contribution in [-0.2, 0) is 38.8 Å². The first kappa shape index (κ1) is 38.7. The minimum atomic E-state index is -4.38. The van der Waals surface area contributed by atoms with Crippen LogP contribution in [0.15, 0.2) is 23.8 Å². The van der Waals surface area contributed by atoms with Crippen LogP contribution in [0.4, 0.5) is 0 Å². The van der Waals surface area contributed by atoms with Gasteiger partial charge < -0.3 is 19.3 Å². The molecule has 46 heavy (non-hydrogen) atoms. The third kappa shape index (κ3) is 7.78. The number of amides is 1. The number of aliphatic hydroxyl groups is 1. The van der Waals surface area contributed by atoms with Crippen molar-refractivity contribution < 1.29 is 76.3 Å². The van der Waals surface area contributed by atoms with Crippen molar-refractivity contribution in [2.45, 2.75) is 90.6 Å². The standard InChI is InChI=1S/C33H47NO10S.Na/c1-21-17-23-24-12-14-33(40,32(24,3)19-26(36)30(23)31(2)13-11-22(35)18-25(21)31)27(37)20-44-29(39)10-8-6-5-7-9-28(38)34(4)15-16-45(41,42)43;/h11,13,18,21,23-24,30,40H,5-10,12,14-17,19-20H2,1-4H3,(H,41,42,43);/q;+1/p-1/t21-,23-,24-,30+,31-,32-,33-;/m0./s1. The number of esters is 1. The van der Waals surface area contributed by atoms with Gasteiger partial charge in [-0.15, -0.1) is 0 Å². The summed E-state index contributed by atoms with van der Waals surface area (Å²) in [5.74, 6) is -2.45. The van der Waals surface area contributed by atoms with E-state index in [4.69, 9.17) is 4.74 Å². The topological polar surface area (TPSA) is 175 Å². The van der Waals surface area contributed by atoms with Gasteiger partial charge in [0.25, 0.3) is 0 Å². The van der Waals surface area contributed by atoms with Crippen molar-refractivity contribution in [3.8, 4) is 0 Å². The van der Waals surface area contributed by atoms with Crippen LogP contribution in [-0.4, -0.2) is 83.8 Å². The largest absolute Gasteiger partial charge is 1.00 e. The first-order valence-corrected chi connectivity index (χ1v) is 17.6. The fourth-order valence-corrected chi connectivity index (χ4v) is 9.22. The minimum absolute atomic E-state index is 0. The monoisotopic (exact) mass is 671 g/mol. The Labute approximate surface area is 294 Å². The zero-order valence-corrected chi connectivity index (χ0v) is 30.5. The van der Waals surface area contributed by atoms with Crippen LogP contribution < -0.4 is 29.6 Å². The molecule has 0 radical (unpaired) electrons. The second-order valence-electron chi connectivity index (χ2n) is 14.0. The number of carbonyl (C=O) groups is 5. The van der Waals surface area contributed by atoms with E-state index >= 15 is 0 Å². The van der Waals surface area contributed by atoms with Crippen molar-refractivity contribution in [1.29, 1.82) is 0 Å². The minimum Gasteiger partial charge on any atom is -0.748 e. The van der Waals surface area contributed by atoms with Gasteiger partial charge >= 0.3 is 35.5 Å². The summed E-state index contributed by atoms with van der Waals surface area (Å²) in [6.07, 6.45) is 9.21. The van der Waals surface area contributed by atoms with Crippen molar-refractivity contribution in [2.24, 2.45) is 34.5 Å². The van der Waals surface area contributed by atoms with Gasteiger partial charge in [-0.2, -0.15) is 0 Å². The van der Waals surface area contributed by atoms with E-state index in [-0.39, 0.29) is 103 Å². The molecule has 1 amide bonds. The Hall–Kier alpha value is -1.70. The number of hydrogen-bond acceptors (Lipinski definition) is 10. The molecule has 0 aliphatic heterocycles. The van der Waals surface area contributed by atoms with Crippen LogP contribution in [0.25, 0.3) is 0 Å². The molecule has 11 nitrogen and oxygen atoms in total. The smallest absolute Gasteiger partial charge is 0.748 e. The van der Waals surface area contributed by atoms with E-state index in [0.29, 0.717) is 38.5 Å². The van der Waals surface area contributed by atoms with Gasteiger partial charge in [0.15, 0.2) is 12.4 Å². The molecule has 3 fully saturated rings. The molecule has 4 aliphatic rings. The number of nitrogens with zero attached hydrogens (tertiary/aromatic N) is 1. The number of Topliss-reactive ketones (excluding diaryl/α,β-unsaturated/α-hetero) is 2. The van der Waals surface area contributed by atoms with Crippen molar-refractivity contribution in [1.82, 2.24) is 4.90 Å². The van der Waals surface area contributed by atoms with Gasteiger partial charge in [-0.1, -0.05) is 45.3 Å². The maximum atomic E-state index is 13.8. The molecule has 1 N–H and O–H groups in total. The molecule has 0 bridgehead atoms. The summed E-state index contributed by atoms with van der Waals surface area (Å²) in [4.78, 5) is 65.1. The molecule has 7 atom stereocenters. The van der Waals surface area contributed by atoms with Gasteiger partial charge in [0.1, 0.15) is 11.4 Å². The average molecular weight is 672 g/mol. The van der Waals surface area contributed by atoms with Crippen LogP contribution in [0.3, 0.4) is 0 Å². The molecule has 0 saturated heterocycles. The van der Waals surface area contributed by atoms with Crippen molar-refractivity contribution in [3.63, 3.8) is 0 Å². The van der Waals surface area contributed by atoms with Crippen LogP contribution in [0.5, 0.6) is 0 Å².